The highest BCUT2D eigenvalue weighted by Crippen LogP contribution is 2.26. The number of amides is 1. The van der Waals surface area contributed by atoms with Crippen LogP contribution in [-0.2, 0) is 4.79 Å². The van der Waals surface area contributed by atoms with Crippen molar-refractivity contribution in [3.63, 3.8) is 0 Å². The molecule has 1 rings (SSSR count). The molecule has 1 heterocycles. The number of nitrogens with zero attached hydrogens (tertiary/aromatic N) is 1. The van der Waals surface area contributed by atoms with Crippen molar-refractivity contribution in [2.24, 2.45) is 5.73 Å². The van der Waals surface area contributed by atoms with Gasteiger partial charge in [-0.25, -0.2) is 0 Å². The summed E-state index contributed by atoms with van der Waals surface area (Å²) in [6.07, 6.45) is 4.05. The molecule has 3 atom stereocenters. The molecule has 0 radical (unpaired) electrons. The SMILES string of the molecule is CCC(N)C(=O)N1C(C)CCC1CC. The number of likely N-dealkylation sites (tertiary alicyclic amines) is 1. The fourth-order valence-corrected chi connectivity index (χ4v) is 2.24. The number of hydrogen-bond donors (Lipinski definition) is 1. The summed E-state index contributed by atoms with van der Waals surface area (Å²) in [7, 11) is 0. The van der Waals surface area contributed by atoms with E-state index in [2.05, 4.69) is 13.8 Å². The Kier molecular flexibility index (Phi) is 3.93. The normalized spacial score (nSPS) is 29.3. The molecule has 3 nitrogen and oxygen atoms in total. The summed E-state index contributed by atoms with van der Waals surface area (Å²) < 4.78 is 0. The highest BCUT2D eigenvalue weighted by Gasteiger charge is 2.34. The predicted molar refractivity (Wildman–Crippen MR) is 57.9 cm³/mol. The van der Waals surface area contributed by atoms with E-state index in [0.29, 0.717) is 12.1 Å². The van der Waals surface area contributed by atoms with Crippen molar-refractivity contribution >= 4 is 5.91 Å². The third-order valence-electron chi connectivity index (χ3n) is 3.27. The minimum absolute atomic E-state index is 0.143. The molecule has 0 bridgehead atoms. The first kappa shape index (κ1) is 11.5. The highest BCUT2D eigenvalue weighted by molar-refractivity contribution is 5.82. The van der Waals surface area contributed by atoms with Crippen LogP contribution in [0, 0.1) is 0 Å². The molecule has 0 spiro atoms. The summed E-state index contributed by atoms with van der Waals surface area (Å²) in [6.45, 7) is 6.22. The molecule has 1 saturated heterocycles. The van der Waals surface area contributed by atoms with Crippen molar-refractivity contribution in [1.29, 1.82) is 0 Å². The lowest BCUT2D eigenvalue weighted by molar-refractivity contribution is -0.135. The van der Waals surface area contributed by atoms with Gasteiger partial charge in [-0.3, -0.25) is 4.79 Å². The Morgan fingerprint density at radius 2 is 2.14 bits per heavy atom. The van der Waals surface area contributed by atoms with Crippen LogP contribution in [0.4, 0.5) is 0 Å². The summed E-state index contributed by atoms with van der Waals surface area (Å²) in [5.74, 6) is 0.143. The van der Waals surface area contributed by atoms with E-state index >= 15 is 0 Å². The second-order valence-electron chi connectivity index (χ2n) is 4.25. The van der Waals surface area contributed by atoms with Crippen LogP contribution in [0.3, 0.4) is 0 Å². The summed E-state index contributed by atoms with van der Waals surface area (Å²) in [5, 5.41) is 0. The smallest absolute Gasteiger partial charge is 0.239 e. The quantitative estimate of drug-likeness (QED) is 0.747. The van der Waals surface area contributed by atoms with Gasteiger partial charge in [0.1, 0.15) is 0 Å². The number of nitrogens with two attached hydrogens (primary N) is 1. The molecule has 14 heavy (non-hydrogen) atoms. The zero-order chi connectivity index (χ0) is 10.7. The van der Waals surface area contributed by atoms with Crippen molar-refractivity contribution in [2.75, 3.05) is 0 Å². The Labute approximate surface area is 86.6 Å². The van der Waals surface area contributed by atoms with Crippen LogP contribution in [0.1, 0.15) is 46.5 Å². The van der Waals surface area contributed by atoms with Gasteiger partial charge in [0.05, 0.1) is 6.04 Å². The van der Waals surface area contributed by atoms with E-state index in [4.69, 9.17) is 5.73 Å². The van der Waals surface area contributed by atoms with Crippen molar-refractivity contribution in [2.45, 2.75) is 64.6 Å². The molecule has 2 N–H and O–H groups in total. The molecule has 3 unspecified atom stereocenters. The Morgan fingerprint density at radius 3 is 2.64 bits per heavy atom. The molecule has 0 aromatic heterocycles. The zero-order valence-corrected chi connectivity index (χ0v) is 9.49. The van der Waals surface area contributed by atoms with Crippen LogP contribution >= 0.6 is 0 Å². The van der Waals surface area contributed by atoms with Gasteiger partial charge in [-0.1, -0.05) is 13.8 Å². The molecule has 1 fully saturated rings. The van der Waals surface area contributed by atoms with Gasteiger partial charge in [0, 0.05) is 12.1 Å². The maximum atomic E-state index is 12.0. The Morgan fingerprint density at radius 1 is 1.50 bits per heavy atom. The second-order valence-corrected chi connectivity index (χ2v) is 4.25. The van der Waals surface area contributed by atoms with Crippen LogP contribution in [-0.4, -0.2) is 28.9 Å². The molecule has 82 valence electrons. The number of rotatable bonds is 3. The lowest BCUT2D eigenvalue weighted by Gasteiger charge is -2.30. The lowest BCUT2D eigenvalue weighted by Crippen LogP contribution is -2.48. The van der Waals surface area contributed by atoms with Gasteiger partial charge in [0.15, 0.2) is 0 Å². The first-order valence-electron chi connectivity index (χ1n) is 5.69. The molecule has 0 aromatic rings. The fraction of sp³-hybridized carbons (Fsp3) is 0.909. The maximum absolute atomic E-state index is 12.0. The van der Waals surface area contributed by atoms with Crippen molar-refractivity contribution in [3.8, 4) is 0 Å². The van der Waals surface area contributed by atoms with E-state index in [-0.39, 0.29) is 11.9 Å². The van der Waals surface area contributed by atoms with Crippen molar-refractivity contribution < 1.29 is 4.79 Å². The van der Waals surface area contributed by atoms with E-state index < -0.39 is 0 Å². The summed E-state index contributed by atoms with van der Waals surface area (Å²) in [6, 6.07) is 0.504. The second kappa shape index (κ2) is 4.78. The van der Waals surface area contributed by atoms with Crippen molar-refractivity contribution in [1.82, 2.24) is 4.90 Å². The van der Waals surface area contributed by atoms with Crippen LogP contribution < -0.4 is 5.73 Å². The van der Waals surface area contributed by atoms with E-state index in [1.54, 1.807) is 0 Å². The molecule has 0 aromatic carbocycles. The van der Waals surface area contributed by atoms with Crippen LogP contribution in [0.15, 0.2) is 0 Å². The zero-order valence-electron chi connectivity index (χ0n) is 9.49. The average molecular weight is 198 g/mol. The van der Waals surface area contributed by atoms with Gasteiger partial charge < -0.3 is 10.6 Å². The topological polar surface area (TPSA) is 46.3 Å². The average Bonchev–Trinajstić information content (AvgIpc) is 2.57. The monoisotopic (exact) mass is 198 g/mol. The Balaban J connectivity index is 2.68. The fourth-order valence-electron chi connectivity index (χ4n) is 2.24. The van der Waals surface area contributed by atoms with Gasteiger partial charge in [0.2, 0.25) is 5.91 Å². The van der Waals surface area contributed by atoms with Gasteiger partial charge in [-0.2, -0.15) is 0 Å². The van der Waals surface area contributed by atoms with E-state index in [1.807, 2.05) is 11.8 Å². The largest absolute Gasteiger partial charge is 0.336 e. The molecular weight excluding hydrogens is 176 g/mol. The molecule has 0 saturated carbocycles. The summed E-state index contributed by atoms with van der Waals surface area (Å²) in [4.78, 5) is 14.0. The maximum Gasteiger partial charge on any atom is 0.239 e. The highest BCUT2D eigenvalue weighted by atomic mass is 16.2. The van der Waals surface area contributed by atoms with E-state index in [9.17, 15) is 4.79 Å². The summed E-state index contributed by atoms with van der Waals surface area (Å²) >= 11 is 0. The van der Waals surface area contributed by atoms with Gasteiger partial charge in [-0.15, -0.1) is 0 Å². The molecule has 0 aliphatic carbocycles. The third-order valence-corrected chi connectivity index (χ3v) is 3.27. The molecule has 1 aliphatic rings. The minimum atomic E-state index is -0.301. The van der Waals surface area contributed by atoms with E-state index in [1.165, 1.54) is 0 Å². The predicted octanol–water partition coefficient (Wildman–Crippen LogP) is 1.51. The van der Waals surface area contributed by atoms with Gasteiger partial charge in [0.25, 0.3) is 0 Å². The number of carbonyl (C=O) groups is 1. The van der Waals surface area contributed by atoms with Gasteiger partial charge >= 0.3 is 0 Å². The van der Waals surface area contributed by atoms with Crippen molar-refractivity contribution in [3.05, 3.63) is 0 Å². The molecule has 1 aliphatic heterocycles. The van der Waals surface area contributed by atoms with Crippen LogP contribution in [0.25, 0.3) is 0 Å². The first-order chi connectivity index (χ1) is 6.61. The van der Waals surface area contributed by atoms with Crippen LogP contribution in [0.5, 0.6) is 0 Å². The summed E-state index contributed by atoms with van der Waals surface area (Å²) in [5.41, 5.74) is 5.78. The number of carbonyl (C=O) groups excluding carboxylic acids is 1. The molecule has 1 amide bonds. The standard InChI is InChI=1S/C11H22N2O/c1-4-9-7-6-8(3)13(9)11(14)10(12)5-2/h8-10H,4-7,12H2,1-3H3. The number of hydrogen-bond acceptors (Lipinski definition) is 2. The Bertz CT molecular complexity index is 205. The minimum Gasteiger partial charge on any atom is -0.336 e. The van der Waals surface area contributed by atoms with Crippen LogP contribution in [0.2, 0.25) is 0 Å². The van der Waals surface area contributed by atoms with Gasteiger partial charge in [-0.05, 0) is 32.6 Å². The first-order valence-corrected chi connectivity index (χ1v) is 5.69. The third kappa shape index (κ3) is 2.08. The molecular formula is C11H22N2O. The Hall–Kier alpha value is -0.570. The lowest BCUT2D eigenvalue weighted by atomic mass is 10.1. The van der Waals surface area contributed by atoms with E-state index in [0.717, 1.165) is 25.7 Å². The molecule has 3 heteroatoms.